The lowest BCUT2D eigenvalue weighted by atomic mass is 9.75. The molecule has 1 amide bonds. The van der Waals surface area contributed by atoms with Crippen LogP contribution in [0.4, 0.5) is 0 Å². The van der Waals surface area contributed by atoms with Crippen molar-refractivity contribution in [1.29, 1.82) is 0 Å². The minimum Gasteiger partial charge on any atom is -0.353 e. The van der Waals surface area contributed by atoms with E-state index in [2.05, 4.69) is 19.2 Å². The molecule has 2 fully saturated rings. The van der Waals surface area contributed by atoms with Crippen molar-refractivity contribution in [2.45, 2.75) is 83.7 Å². The Morgan fingerprint density at radius 2 is 1.84 bits per heavy atom. The van der Waals surface area contributed by atoms with Crippen LogP contribution in [-0.2, 0) is 4.79 Å². The van der Waals surface area contributed by atoms with Gasteiger partial charge in [-0.2, -0.15) is 0 Å². The van der Waals surface area contributed by atoms with Crippen molar-refractivity contribution < 1.29 is 4.79 Å². The van der Waals surface area contributed by atoms with Crippen LogP contribution in [0.1, 0.15) is 71.6 Å². The van der Waals surface area contributed by atoms with E-state index in [0.29, 0.717) is 11.5 Å². The third-order valence-corrected chi connectivity index (χ3v) is 4.96. The van der Waals surface area contributed by atoms with Crippen LogP contribution in [0.25, 0.3) is 0 Å². The summed E-state index contributed by atoms with van der Waals surface area (Å²) in [7, 11) is 0. The molecule has 0 aliphatic heterocycles. The van der Waals surface area contributed by atoms with E-state index < -0.39 is 0 Å². The van der Waals surface area contributed by atoms with E-state index in [4.69, 9.17) is 5.73 Å². The highest BCUT2D eigenvalue weighted by atomic mass is 16.2. The van der Waals surface area contributed by atoms with Crippen LogP contribution >= 0.6 is 0 Å². The second-order valence-corrected chi connectivity index (χ2v) is 7.37. The lowest BCUT2D eigenvalue weighted by Gasteiger charge is -2.36. The van der Waals surface area contributed by atoms with Crippen molar-refractivity contribution in [2.24, 2.45) is 17.1 Å². The Labute approximate surface area is 117 Å². The molecule has 3 heteroatoms. The monoisotopic (exact) mass is 266 g/mol. The maximum absolute atomic E-state index is 12.4. The molecule has 110 valence electrons. The fourth-order valence-electron chi connectivity index (χ4n) is 3.79. The number of amides is 1. The van der Waals surface area contributed by atoms with Crippen LogP contribution in [0.2, 0.25) is 0 Å². The van der Waals surface area contributed by atoms with Gasteiger partial charge in [-0.05, 0) is 37.5 Å². The van der Waals surface area contributed by atoms with Gasteiger partial charge < -0.3 is 11.1 Å². The maximum atomic E-state index is 12.4. The summed E-state index contributed by atoms with van der Waals surface area (Å²) in [5.41, 5.74) is 6.55. The Morgan fingerprint density at radius 1 is 1.11 bits per heavy atom. The van der Waals surface area contributed by atoms with Gasteiger partial charge in [0, 0.05) is 12.1 Å². The zero-order valence-corrected chi connectivity index (χ0v) is 12.6. The van der Waals surface area contributed by atoms with Gasteiger partial charge in [0.1, 0.15) is 0 Å². The molecule has 0 aromatic rings. The normalized spacial score (nSPS) is 35.4. The molecule has 0 radical (unpaired) electrons. The van der Waals surface area contributed by atoms with Gasteiger partial charge in [-0.15, -0.1) is 0 Å². The van der Waals surface area contributed by atoms with E-state index in [1.165, 1.54) is 25.7 Å². The van der Waals surface area contributed by atoms with Crippen molar-refractivity contribution >= 4 is 5.91 Å². The molecule has 0 heterocycles. The molecule has 0 bridgehead atoms. The molecule has 2 aliphatic carbocycles. The molecular weight excluding hydrogens is 236 g/mol. The van der Waals surface area contributed by atoms with Crippen molar-refractivity contribution in [2.75, 3.05) is 0 Å². The molecule has 19 heavy (non-hydrogen) atoms. The summed E-state index contributed by atoms with van der Waals surface area (Å²) in [6.07, 6.45) is 10.3. The molecular formula is C16H30N2O. The van der Waals surface area contributed by atoms with Crippen LogP contribution in [-0.4, -0.2) is 18.0 Å². The fourth-order valence-corrected chi connectivity index (χ4v) is 3.79. The average molecular weight is 266 g/mol. The van der Waals surface area contributed by atoms with Gasteiger partial charge in [-0.1, -0.05) is 39.5 Å². The molecule has 3 N–H and O–H groups in total. The Bertz CT molecular complexity index is 314. The lowest BCUT2D eigenvalue weighted by Crippen LogP contribution is -2.47. The van der Waals surface area contributed by atoms with Crippen molar-refractivity contribution in [3.8, 4) is 0 Å². The van der Waals surface area contributed by atoms with Crippen molar-refractivity contribution in [3.05, 3.63) is 0 Å². The maximum Gasteiger partial charge on any atom is 0.224 e. The van der Waals surface area contributed by atoms with Crippen LogP contribution in [0.3, 0.4) is 0 Å². The minimum atomic E-state index is 0.0486. The largest absolute Gasteiger partial charge is 0.353 e. The van der Waals surface area contributed by atoms with E-state index in [1.807, 2.05) is 0 Å². The fraction of sp³-hybridized carbons (Fsp3) is 0.938. The first-order valence-corrected chi connectivity index (χ1v) is 8.04. The van der Waals surface area contributed by atoms with Crippen molar-refractivity contribution in [1.82, 2.24) is 5.32 Å². The molecule has 2 aliphatic rings. The van der Waals surface area contributed by atoms with Crippen LogP contribution < -0.4 is 11.1 Å². The summed E-state index contributed by atoms with van der Waals surface area (Å²) in [6.45, 7) is 4.62. The summed E-state index contributed by atoms with van der Waals surface area (Å²) >= 11 is 0. The number of carbonyl (C=O) groups is 1. The zero-order chi connectivity index (χ0) is 13.9. The number of rotatable bonds is 2. The quantitative estimate of drug-likeness (QED) is 0.755. The first kappa shape index (κ1) is 14.8. The lowest BCUT2D eigenvalue weighted by molar-refractivity contribution is -0.127. The van der Waals surface area contributed by atoms with E-state index in [0.717, 1.165) is 32.1 Å². The number of hydrogen-bond donors (Lipinski definition) is 2. The van der Waals surface area contributed by atoms with Gasteiger partial charge >= 0.3 is 0 Å². The van der Waals surface area contributed by atoms with Crippen LogP contribution in [0, 0.1) is 11.3 Å². The standard InChI is InChI=1S/C16H30N2O/c1-16(2)10-6-7-12(11-16)18-15(19)13-8-4-3-5-9-14(13)17/h12-14H,3-11,17H2,1-2H3,(H,18,19). The Morgan fingerprint density at radius 3 is 2.58 bits per heavy atom. The molecule has 0 aromatic heterocycles. The van der Waals surface area contributed by atoms with E-state index in [1.54, 1.807) is 0 Å². The summed E-state index contributed by atoms with van der Waals surface area (Å²) in [5, 5.41) is 3.28. The first-order chi connectivity index (χ1) is 8.98. The van der Waals surface area contributed by atoms with Gasteiger partial charge in [-0.3, -0.25) is 4.79 Å². The Hall–Kier alpha value is -0.570. The molecule has 2 rings (SSSR count). The van der Waals surface area contributed by atoms with Gasteiger partial charge in [0.25, 0.3) is 0 Å². The average Bonchev–Trinajstić information content (AvgIpc) is 2.52. The smallest absolute Gasteiger partial charge is 0.224 e. The first-order valence-electron chi connectivity index (χ1n) is 8.04. The van der Waals surface area contributed by atoms with Gasteiger partial charge in [0.05, 0.1) is 5.92 Å². The number of nitrogens with two attached hydrogens (primary N) is 1. The highest BCUT2D eigenvalue weighted by Gasteiger charge is 2.32. The van der Waals surface area contributed by atoms with Crippen molar-refractivity contribution in [3.63, 3.8) is 0 Å². The number of hydrogen-bond acceptors (Lipinski definition) is 2. The van der Waals surface area contributed by atoms with Gasteiger partial charge in [0.2, 0.25) is 5.91 Å². The van der Waals surface area contributed by atoms with E-state index in [9.17, 15) is 4.79 Å². The highest BCUT2D eigenvalue weighted by Crippen LogP contribution is 2.35. The Kier molecular flexibility index (Phi) is 4.88. The number of carbonyl (C=O) groups excluding carboxylic acids is 1. The Balaban J connectivity index is 1.89. The second kappa shape index (κ2) is 6.25. The molecule has 3 nitrogen and oxygen atoms in total. The van der Waals surface area contributed by atoms with E-state index in [-0.39, 0.29) is 17.9 Å². The third kappa shape index (κ3) is 4.20. The second-order valence-electron chi connectivity index (χ2n) is 7.37. The SMILES string of the molecule is CC1(C)CCCC(NC(=O)C2CCCCCC2N)C1. The molecule has 2 saturated carbocycles. The topological polar surface area (TPSA) is 55.1 Å². The van der Waals surface area contributed by atoms with Gasteiger partial charge in [-0.25, -0.2) is 0 Å². The summed E-state index contributed by atoms with van der Waals surface area (Å²) in [6, 6.07) is 0.436. The van der Waals surface area contributed by atoms with Gasteiger partial charge in [0.15, 0.2) is 0 Å². The predicted molar refractivity (Wildman–Crippen MR) is 78.7 cm³/mol. The molecule has 0 spiro atoms. The third-order valence-electron chi connectivity index (χ3n) is 4.96. The van der Waals surface area contributed by atoms with E-state index >= 15 is 0 Å². The predicted octanol–water partition coefficient (Wildman–Crippen LogP) is 2.98. The summed E-state index contributed by atoms with van der Waals surface area (Å²) < 4.78 is 0. The molecule has 0 saturated heterocycles. The summed E-state index contributed by atoms with van der Waals surface area (Å²) in [4.78, 5) is 12.4. The van der Waals surface area contributed by atoms with Crippen LogP contribution in [0.5, 0.6) is 0 Å². The zero-order valence-electron chi connectivity index (χ0n) is 12.6. The number of nitrogens with one attached hydrogen (secondary N) is 1. The summed E-state index contributed by atoms with van der Waals surface area (Å²) in [5.74, 6) is 0.268. The molecule has 0 aromatic carbocycles. The van der Waals surface area contributed by atoms with Crippen LogP contribution in [0.15, 0.2) is 0 Å². The molecule has 3 atom stereocenters. The molecule has 3 unspecified atom stereocenters. The minimum absolute atomic E-state index is 0.0486. The highest BCUT2D eigenvalue weighted by molar-refractivity contribution is 5.79.